The van der Waals surface area contributed by atoms with Gasteiger partial charge in [-0.25, -0.2) is 9.67 Å². The molecule has 0 spiro atoms. The van der Waals surface area contributed by atoms with Gasteiger partial charge in [-0.1, -0.05) is 6.92 Å². The van der Waals surface area contributed by atoms with Gasteiger partial charge in [0.2, 0.25) is 5.91 Å². The first-order chi connectivity index (χ1) is 11.1. The molecule has 1 fully saturated rings. The predicted octanol–water partition coefficient (Wildman–Crippen LogP) is 1.48. The van der Waals surface area contributed by atoms with Crippen LogP contribution >= 0.6 is 0 Å². The second kappa shape index (κ2) is 6.99. The molecule has 1 unspecified atom stereocenters. The molecule has 0 aromatic carbocycles. The number of piperidine rings is 1. The zero-order valence-electron chi connectivity index (χ0n) is 14.7. The van der Waals surface area contributed by atoms with Gasteiger partial charge in [0.05, 0.1) is 12.5 Å². The average Bonchev–Trinajstić information content (AvgIpc) is 2.93. The third-order valence-corrected chi connectivity index (χ3v) is 5.31. The van der Waals surface area contributed by atoms with Gasteiger partial charge in [-0.2, -0.15) is 5.10 Å². The fourth-order valence-corrected chi connectivity index (χ4v) is 3.95. The minimum atomic E-state index is 0.0577. The first kappa shape index (κ1) is 16.4. The first-order valence-corrected chi connectivity index (χ1v) is 8.97. The Hall–Kier alpha value is -1.43. The molecule has 0 aliphatic carbocycles. The highest BCUT2D eigenvalue weighted by molar-refractivity contribution is 5.79. The van der Waals surface area contributed by atoms with Crippen molar-refractivity contribution in [1.29, 1.82) is 0 Å². The number of aryl methyl sites for hydroxylation is 2. The van der Waals surface area contributed by atoms with Crippen molar-refractivity contribution < 1.29 is 4.79 Å². The molecule has 1 aromatic heterocycles. The van der Waals surface area contributed by atoms with Gasteiger partial charge >= 0.3 is 0 Å². The van der Waals surface area contributed by atoms with Gasteiger partial charge in [0.1, 0.15) is 11.6 Å². The smallest absolute Gasteiger partial charge is 0.227 e. The average molecular weight is 319 g/mol. The summed E-state index contributed by atoms with van der Waals surface area (Å²) in [5, 5.41) is 4.41. The van der Waals surface area contributed by atoms with Gasteiger partial charge in [-0.05, 0) is 39.2 Å². The third kappa shape index (κ3) is 3.57. The minimum absolute atomic E-state index is 0.0577. The quantitative estimate of drug-likeness (QED) is 0.843. The Morgan fingerprint density at radius 1 is 1.30 bits per heavy atom. The minimum Gasteiger partial charge on any atom is -0.342 e. The summed E-state index contributed by atoms with van der Waals surface area (Å²) >= 11 is 0. The molecule has 6 heteroatoms. The zero-order valence-corrected chi connectivity index (χ0v) is 14.7. The standard InChI is InChI=1S/C17H29N5O/c1-4-9-21-10-7-15(8-11-21)20(3)17(23)14-5-6-16-18-13(2)19-22(16)12-14/h14-15H,4-12H2,1-3H3. The maximum absolute atomic E-state index is 12.9. The Kier molecular flexibility index (Phi) is 4.99. The van der Waals surface area contributed by atoms with Crippen molar-refractivity contribution >= 4 is 5.91 Å². The van der Waals surface area contributed by atoms with Crippen molar-refractivity contribution in [3.8, 4) is 0 Å². The number of likely N-dealkylation sites (tertiary alicyclic amines) is 1. The van der Waals surface area contributed by atoms with Gasteiger partial charge in [-0.3, -0.25) is 4.79 Å². The molecule has 6 nitrogen and oxygen atoms in total. The van der Waals surface area contributed by atoms with Crippen molar-refractivity contribution in [3.63, 3.8) is 0 Å². The highest BCUT2D eigenvalue weighted by Gasteiger charge is 2.32. The van der Waals surface area contributed by atoms with Crippen LogP contribution in [0, 0.1) is 12.8 Å². The number of carbonyl (C=O) groups excluding carboxylic acids is 1. The zero-order chi connectivity index (χ0) is 16.4. The van der Waals surface area contributed by atoms with E-state index in [1.807, 2.05) is 23.6 Å². The summed E-state index contributed by atoms with van der Waals surface area (Å²) in [7, 11) is 1.99. The molecule has 0 N–H and O–H groups in total. The van der Waals surface area contributed by atoms with Gasteiger partial charge < -0.3 is 9.80 Å². The summed E-state index contributed by atoms with van der Waals surface area (Å²) in [4.78, 5) is 21.8. The van der Waals surface area contributed by atoms with E-state index in [0.29, 0.717) is 12.6 Å². The van der Waals surface area contributed by atoms with Crippen LogP contribution in [0.4, 0.5) is 0 Å². The summed E-state index contributed by atoms with van der Waals surface area (Å²) < 4.78 is 1.93. The molecular formula is C17H29N5O. The number of hydrogen-bond donors (Lipinski definition) is 0. The number of nitrogens with zero attached hydrogens (tertiary/aromatic N) is 5. The molecule has 128 valence electrons. The van der Waals surface area contributed by atoms with E-state index < -0.39 is 0 Å². The number of rotatable bonds is 4. The van der Waals surface area contributed by atoms with Crippen LogP contribution in [-0.4, -0.2) is 63.2 Å². The van der Waals surface area contributed by atoms with Gasteiger partial charge in [-0.15, -0.1) is 0 Å². The summed E-state index contributed by atoms with van der Waals surface area (Å²) in [6.45, 7) is 8.25. The van der Waals surface area contributed by atoms with Crippen LogP contribution in [0.1, 0.15) is 44.3 Å². The van der Waals surface area contributed by atoms with Crippen LogP contribution in [0.25, 0.3) is 0 Å². The fourth-order valence-electron chi connectivity index (χ4n) is 3.95. The first-order valence-electron chi connectivity index (χ1n) is 8.97. The van der Waals surface area contributed by atoms with E-state index in [4.69, 9.17) is 0 Å². The lowest BCUT2D eigenvalue weighted by Crippen LogP contribution is -2.48. The summed E-state index contributed by atoms with van der Waals surface area (Å²) in [6.07, 6.45) is 5.17. The highest BCUT2D eigenvalue weighted by atomic mass is 16.2. The fraction of sp³-hybridized carbons (Fsp3) is 0.824. The third-order valence-electron chi connectivity index (χ3n) is 5.31. The maximum Gasteiger partial charge on any atom is 0.227 e. The van der Waals surface area contributed by atoms with Crippen LogP contribution in [0.15, 0.2) is 0 Å². The Labute approximate surface area is 138 Å². The van der Waals surface area contributed by atoms with E-state index in [1.165, 1.54) is 13.0 Å². The highest BCUT2D eigenvalue weighted by Crippen LogP contribution is 2.23. The number of carbonyl (C=O) groups is 1. The van der Waals surface area contributed by atoms with Gasteiger partial charge in [0.15, 0.2) is 0 Å². The number of amides is 1. The second-order valence-corrected chi connectivity index (χ2v) is 7.01. The predicted molar refractivity (Wildman–Crippen MR) is 89.1 cm³/mol. The van der Waals surface area contributed by atoms with Gasteiger partial charge in [0.25, 0.3) is 0 Å². The van der Waals surface area contributed by atoms with Crippen LogP contribution in [0.3, 0.4) is 0 Å². The van der Waals surface area contributed by atoms with Crippen LogP contribution in [-0.2, 0) is 17.8 Å². The molecule has 0 radical (unpaired) electrons. The Morgan fingerprint density at radius 2 is 2.04 bits per heavy atom. The second-order valence-electron chi connectivity index (χ2n) is 7.01. The van der Waals surface area contributed by atoms with E-state index >= 15 is 0 Å². The van der Waals surface area contributed by atoms with E-state index in [2.05, 4.69) is 21.9 Å². The molecule has 1 saturated heterocycles. The molecule has 1 aromatic rings. The molecule has 0 saturated carbocycles. The summed E-state index contributed by atoms with van der Waals surface area (Å²) in [5.74, 6) is 2.19. The van der Waals surface area contributed by atoms with Crippen LogP contribution in [0.2, 0.25) is 0 Å². The molecule has 1 amide bonds. The Morgan fingerprint density at radius 3 is 2.74 bits per heavy atom. The summed E-state index contributed by atoms with van der Waals surface area (Å²) in [5.41, 5.74) is 0. The molecular weight excluding hydrogens is 290 g/mol. The Balaban J connectivity index is 1.56. The molecule has 0 bridgehead atoms. The van der Waals surface area contributed by atoms with E-state index in [0.717, 1.165) is 50.4 Å². The van der Waals surface area contributed by atoms with Crippen molar-refractivity contribution in [2.75, 3.05) is 26.7 Å². The number of aromatic nitrogens is 3. The van der Waals surface area contributed by atoms with E-state index in [9.17, 15) is 4.79 Å². The molecule has 2 aliphatic heterocycles. The van der Waals surface area contributed by atoms with Gasteiger partial charge in [0, 0.05) is 32.6 Å². The van der Waals surface area contributed by atoms with Crippen molar-refractivity contribution in [2.45, 2.75) is 58.5 Å². The lowest BCUT2D eigenvalue weighted by Gasteiger charge is -2.38. The monoisotopic (exact) mass is 319 g/mol. The molecule has 2 aliphatic rings. The van der Waals surface area contributed by atoms with Crippen molar-refractivity contribution in [2.24, 2.45) is 5.92 Å². The lowest BCUT2D eigenvalue weighted by molar-refractivity contribution is -0.138. The van der Waals surface area contributed by atoms with E-state index in [1.54, 1.807) is 0 Å². The van der Waals surface area contributed by atoms with E-state index in [-0.39, 0.29) is 11.8 Å². The topological polar surface area (TPSA) is 54.3 Å². The molecule has 1 atom stereocenters. The number of fused-ring (bicyclic) bond motifs is 1. The van der Waals surface area contributed by atoms with Crippen LogP contribution < -0.4 is 0 Å². The SMILES string of the molecule is CCCN1CCC(N(C)C(=O)C2CCc3nc(C)nn3C2)CC1. The van der Waals surface area contributed by atoms with Crippen LogP contribution in [0.5, 0.6) is 0 Å². The lowest BCUT2D eigenvalue weighted by atomic mass is 9.96. The van der Waals surface area contributed by atoms with Crippen molar-refractivity contribution in [1.82, 2.24) is 24.6 Å². The number of hydrogen-bond acceptors (Lipinski definition) is 4. The molecule has 23 heavy (non-hydrogen) atoms. The molecule has 3 rings (SSSR count). The largest absolute Gasteiger partial charge is 0.342 e. The maximum atomic E-state index is 12.9. The van der Waals surface area contributed by atoms with Crippen molar-refractivity contribution in [3.05, 3.63) is 11.6 Å². The normalized spacial score (nSPS) is 22.8. The Bertz CT molecular complexity index is 547. The summed E-state index contributed by atoms with van der Waals surface area (Å²) in [6, 6.07) is 0.398. The molecule has 3 heterocycles.